The fourth-order valence-electron chi connectivity index (χ4n) is 2.98. The predicted molar refractivity (Wildman–Crippen MR) is 110 cm³/mol. The van der Waals surface area contributed by atoms with Crippen molar-refractivity contribution in [1.82, 2.24) is 15.2 Å². The molecular weight excluding hydrogens is 412 g/mol. The standard InChI is InChI=1S/C18H22FN3O2S.2ClH/c1-11-16(25-17(21-11)12(2)24-3)18(23)22-8-7-20-10-15(22)13-5-4-6-14(19)9-13;;/h4-6,9,12,15,20H,7-8,10H2,1-3H3;2*1H. The van der Waals surface area contributed by atoms with Crippen LogP contribution in [0.3, 0.4) is 0 Å². The van der Waals surface area contributed by atoms with Gasteiger partial charge in [0.15, 0.2) is 0 Å². The molecule has 0 saturated carbocycles. The molecule has 1 aliphatic heterocycles. The van der Waals surface area contributed by atoms with Gasteiger partial charge in [-0.1, -0.05) is 12.1 Å². The van der Waals surface area contributed by atoms with Crippen molar-refractivity contribution in [2.24, 2.45) is 0 Å². The van der Waals surface area contributed by atoms with Crippen LogP contribution in [0.1, 0.15) is 45.0 Å². The van der Waals surface area contributed by atoms with Crippen LogP contribution in [0.5, 0.6) is 0 Å². The summed E-state index contributed by atoms with van der Waals surface area (Å²) in [7, 11) is 1.62. The molecule has 2 heterocycles. The van der Waals surface area contributed by atoms with Crippen LogP contribution in [0.15, 0.2) is 24.3 Å². The van der Waals surface area contributed by atoms with Crippen LogP contribution in [-0.2, 0) is 4.74 Å². The van der Waals surface area contributed by atoms with Gasteiger partial charge in [-0.05, 0) is 31.5 Å². The Morgan fingerprint density at radius 1 is 1.44 bits per heavy atom. The van der Waals surface area contributed by atoms with Crippen LogP contribution >= 0.6 is 36.2 Å². The first kappa shape index (κ1) is 23.8. The Labute approximate surface area is 175 Å². The van der Waals surface area contributed by atoms with Gasteiger partial charge < -0.3 is 15.0 Å². The van der Waals surface area contributed by atoms with Gasteiger partial charge in [-0.15, -0.1) is 36.2 Å². The van der Waals surface area contributed by atoms with Gasteiger partial charge in [-0.2, -0.15) is 0 Å². The van der Waals surface area contributed by atoms with Gasteiger partial charge in [0, 0.05) is 26.7 Å². The first-order valence-electron chi connectivity index (χ1n) is 8.28. The Morgan fingerprint density at radius 2 is 2.19 bits per heavy atom. The molecule has 27 heavy (non-hydrogen) atoms. The maximum atomic E-state index is 13.6. The molecule has 1 aromatic heterocycles. The molecule has 1 fully saturated rings. The van der Waals surface area contributed by atoms with E-state index in [0.29, 0.717) is 23.7 Å². The molecule has 1 amide bonds. The van der Waals surface area contributed by atoms with Crippen molar-refractivity contribution in [3.63, 3.8) is 0 Å². The number of nitrogens with one attached hydrogen (secondary N) is 1. The van der Waals surface area contributed by atoms with Crippen molar-refractivity contribution < 1.29 is 13.9 Å². The number of piperazine rings is 1. The molecule has 0 bridgehead atoms. The lowest BCUT2D eigenvalue weighted by Crippen LogP contribution is -2.48. The normalized spacial score (nSPS) is 17.6. The highest BCUT2D eigenvalue weighted by atomic mass is 35.5. The van der Waals surface area contributed by atoms with Crippen molar-refractivity contribution in [3.8, 4) is 0 Å². The number of hydrogen-bond acceptors (Lipinski definition) is 5. The molecule has 2 atom stereocenters. The zero-order valence-electron chi connectivity index (χ0n) is 15.4. The number of aryl methyl sites for hydroxylation is 1. The number of halogens is 3. The maximum absolute atomic E-state index is 13.6. The molecule has 1 aliphatic rings. The highest BCUT2D eigenvalue weighted by Crippen LogP contribution is 2.30. The van der Waals surface area contributed by atoms with Gasteiger partial charge >= 0.3 is 0 Å². The lowest BCUT2D eigenvalue weighted by molar-refractivity contribution is 0.0638. The minimum absolute atomic E-state index is 0. The van der Waals surface area contributed by atoms with Crippen LogP contribution in [0.25, 0.3) is 0 Å². The zero-order chi connectivity index (χ0) is 18.0. The lowest BCUT2D eigenvalue weighted by atomic mass is 10.0. The van der Waals surface area contributed by atoms with Gasteiger partial charge in [-0.25, -0.2) is 9.37 Å². The number of benzene rings is 1. The molecule has 0 radical (unpaired) electrons. The van der Waals surface area contributed by atoms with E-state index in [1.807, 2.05) is 24.8 Å². The molecule has 1 aromatic carbocycles. The molecule has 2 aromatic rings. The quantitative estimate of drug-likeness (QED) is 0.790. The summed E-state index contributed by atoms with van der Waals surface area (Å²) in [5.74, 6) is -0.346. The van der Waals surface area contributed by atoms with Gasteiger partial charge in [-0.3, -0.25) is 4.79 Å². The Morgan fingerprint density at radius 3 is 2.85 bits per heavy atom. The number of thiazole rings is 1. The number of hydrogen-bond donors (Lipinski definition) is 1. The van der Waals surface area contributed by atoms with E-state index in [2.05, 4.69) is 10.3 Å². The topological polar surface area (TPSA) is 54.5 Å². The Kier molecular flexibility index (Phi) is 9.11. The Bertz CT molecular complexity index is 775. The fraction of sp³-hybridized carbons (Fsp3) is 0.444. The van der Waals surface area contributed by atoms with Crippen molar-refractivity contribution >= 4 is 42.1 Å². The predicted octanol–water partition coefficient (Wildman–Crippen LogP) is 3.93. The number of carbonyl (C=O) groups excluding carboxylic acids is 1. The molecule has 5 nitrogen and oxygen atoms in total. The minimum atomic E-state index is -0.291. The number of ether oxygens (including phenoxy) is 1. The third kappa shape index (κ3) is 5.18. The van der Waals surface area contributed by atoms with Gasteiger partial charge in [0.2, 0.25) is 0 Å². The van der Waals surface area contributed by atoms with Crippen molar-refractivity contribution in [2.75, 3.05) is 26.7 Å². The lowest BCUT2D eigenvalue weighted by Gasteiger charge is -2.36. The average Bonchev–Trinajstić information content (AvgIpc) is 3.02. The van der Waals surface area contributed by atoms with Gasteiger partial charge in [0.25, 0.3) is 5.91 Å². The molecule has 1 saturated heterocycles. The molecule has 150 valence electrons. The number of aromatic nitrogens is 1. The van der Waals surface area contributed by atoms with Crippen molar-refractivity contribution in [2.45, 2.75) is 26.0 Å². The highest BCUT2D eigenvalue weighted by molar-refractivity contribution is 7.13. The van der Waals surface area contributed by atoms with E-state index in [1.54, 1.807) is 13.2 Å². The van der Waals surface area contributed by atoms with Crippen molar-refractivity contribution in [1.29, 1.82) is 0 Å². The van der Waals surface area contributed by atoms with Gasteiger partial charge in [0.05, 0.1) is 11.7 Å². The van der Waals surface area contributed by atoms with E-state index in [-0.39, 0.29) is 48.7 Å². The second kappa shape index (κ2) is 10.3. The van der Waals surface area contributed by atoms with E-state index in [1.165, 1.54) is 23.5 Å². The first-order chi connectivity index (χ1) is 12.0. The minimum Gasteiger partial charge on any atom is -0.375 e. The molecule has 1 N–H and O–H groups in total. The van der Waals surface area contributed by atoms with E-state index in [9.17, 15) is 9.18 Å². The number of rotatable bonds is 4. The van der Waals surface area contributed by atoms with Crippen molar-refractivity contribution in [3.05, 3.63) is 51.2 Å². The zero-order valence-corrected chi connectivity index (χ0v) is 17.8. The second-order valence-corrected chi connectivity index (χ2v) is 7.15. The monoisotopic (exact) mass is 435 g/mol. The van der Waals surface area contributed by atoms with Gasteiger partial charge in [0.1, 0.15) is 21.8 Å². The summed E-state index contributed by atoms with van der Waals surface area (Å²) in [6, 6.07) is 6.26. The van der Waals surface area contributed by atoms with E-state index in [0.717, 1.165) is 17.1 Å². The number of amides is 1. The fourth-order valence-corrected chi connectivity index (χ4v) is 4.03. The van der Waals surface area contributed by atoms with Crippen LogP contribution in [0.2, 0.25) is 0 Å². The summed E-state index contributed by atoms with van der Waals surface area (Å²) >= 11 is 1.37. The number of carbonyl (C=O) groups is 1. The number of methoxy groups -OCH3 is 1. The second-order valence-electron chi connectivity index (χ2n) is 6.12. The molecular formula is C18H24Cl2FN3O2S. The molecule has 2 unspecified atom stereocenters. The summed E-state index contributed by atoms with van der Waals surface area (Å²) in [6.07, 6.45) is -0.146. The summed E-state index contributed by atoms with van der Waals surface area (Å²) in [4.78, 5) is 20.1. The summed E-state index contributed by atoms with van der Waals surface area (Å²) < 4.78 is 18.9. The maximum Gasteiger partial charge on any atom is 0.266 e. The first-order valence-corrected chi connectivity index (χ1v) is 9.10. The highest BCUT2D eigenvalue weighted by Gasteiger charge is 2.31. The Hall–Kier alpha value is -1.25. The van der Waals surface area contributed by atoms with E-state index >= 15 is 0 Å². The molecule has 9 heteroatoms. The Balaban J connectivity index is 0.00000182. The smallest absolute Gasteiger partial charge is 0.266 e. The molecule has 3 rings (SSSR count). The van der Waals surface area contributed by atoms with Crippen LogP contribution < -0.4 is 5.32 Å². The van der Waals surface area contributed by atoms with E-state index in [4.69, 9.17) is 4.74 Å². The molecule has 0 spiro atoms. The average molecular weight is 436 g/mol. The summed E-state index contributed by atoms with van der Waals surface area (Å²) in [5, 5.41) is 4.08. The SMILES string of the molecule is COC(C)c1nc(C)c(C(=O)N2CCNCC2c2cccc(F)c2)s1.Cl.Cl. The summed E-state index contributed by atoms with van der Waals surface area (Å²) in [6.45, 7) is 5.65. The van der Waals surface area contributed by atoms with Crippen LogP contribution in [-0.4, -0.2) is 42.5 Å². The third-order valence-electron chi connectivity index (χ3n) is 4.45. The summed E-state index contributed by atoms with van der Waals surface area (Å²) in [5.41, 5.74) is 1.51. The molecule has 0 aliphatic carbocycles. The third-order valence-corrected chi connectivity index (χ3v) is 5.75. The van der Waals surface area contributed by atoms with Crippen LogP contribution in [0, 0.1) is 12.7 Å². The number of nitrogens with zero attached hydrogens (tertiary/aromatic N) is 2. The van der Waals surface area contributed by atoms with Crippen LogP contribution in [0.4, 0.5) is 4.39 Å². The largest absolute Gasteiger partial charge is 0.375 e. The van der Waals surface area contributed by atoms with E-state index < -0.39 is 0 Å².